The number of nitrogens with zero attached hydrogens (tertiary/aromatic N) is 3. The van der Waals surface area contributed by atoms with Crippen LogP contribution in [-0.4, -0.2) is 30.2 Å². The van der Waals surface area contributed by atoms with E-state index in [9.17, 15) is 18.5 Å². The first kappa shape index (κ1) is 27.8. The van der Waals surface area contributed by atoms with Gasteiger partial charge in [0.1, 0.15) is 6.07 Å². The fourth-order valence-corrected chi connectivity index (χ4v) is 7.29. The fraction of sp³-hybridized carbons (Fsp3) is 0.265. The van der Waals surface area contributed by atoms with E-state index >= 15 is 0 Å². The summed E-state index contributed by atoms with van der Waals surface area (Å²) in [6.45, 7) is 2.20. The first-order valence-electron chi connectivity index (χ1n) is 14.1. The van der Waals surface area contributed by atoms with Crippen LogP contribution in [-0.2, 0) is 40.2 Å². The van der Waals surface area contributed by atoms with Crippen molar-refractivity contribution in [1.82, 2.24) is 14.5 Å². The Balaban J connectivity index is 1.45. The molecule has 0 radical (unpaired) electrons. The van der Waals surface area contributed by atoms with Crippen molar-refractivity contribution in [3.8, 4) is 28.5 Å². The number of carbonyl (C=O) groups excluding carboxylic acids is 1. The van der Waals surface area contributed by atoms with Crippen molar-refractivity contribution >= 4 is 15.8 Å². The van der Waals surface area contributed by atoms with E-state index in [-0.39, 0.29) is 29.7 Å². The zero-order chi connectivity index (χ0) is 29.6. The van der Waals surface area contributed by atoms with Gasteiger partial charge in [-0.15, -0.1) is 0 Å². The number of fused-ring (bicyclic) bond motifs is 3. The lowest BCUT2D eigenvalue weighted by atomic mass is 9.54. The summed E-state index contributed by atoms with van der Waals surface area (Å²) in [5.41, 5.74) is 7.67. The van der Waals surface area contributed by atoms with Gasteiger partial charge in [0.2, 0.25) is 10.0 Å². The molecule has 1 N–H and O–H groups in total. The molecule has 1 heterocycles. The number of ketones is 1. The van der Waals surface area contributed by atoms with Crippen molar-refractivity contribution in [2.75, 3.05) is 6.26 Å². The average Bonchev–Trinajstić information content (AvgIpc) is 3.34. The molecule has 0 aliphatic heterocycles. The molecule has 7 nitrogen and oxygen atoms in total. The Kier molecular flexibility index (Phi) is 6.96. The minimum atomic E-state index is -3.26. The second-order valence-corrected chi connectivity index (χ2v) is 13.2. The predicted molar refractivity (Wildman–Crippen MR) is 163 cm³/mol. The molecule has 0 amide bonds. The molecule has 212 valence electrons. The van der Waals surface area contributed by atoms with Crippen LogP contribution in [0.15, 0.2) is 90.5 Å². The summed E-state index contributed by atoms with van der Waals surface area (Å²) in [5, 5.41) is 15.1. The van der Waals surface area contributed by atoms with E-state index in [4.69, 9.17) is 5.10 Å². The summed E-state index contributed by atoms with van der Waals surface area (Å²) in [7, 11) is -1.30. The van der Waals surface area contributed by atoms with Gasteiger partial charge in [-0.2, -0.15) is 10.4 Å². The highest BCUT2D eigenvalue weighted by Gasteiger charge is 2.54. The molecule has 8 heteroatoms. The Labute approximate surface area is 246 Å². The number of allylic oxidation sites excluding steroid dienone is 2. The molecule has 2 aliphatic rings. The van der Waals surface area contributed by atoms with E-state index in [0.717, 1.165) is 63.9 Å². The summed E-state index contributed by atoms with van der Waals surface area (Å²) in [6.07, 6.45) is 4.64. The van der Waals surface area contributed by atoms with Crippen molar-refractivity contribution in [2.45, 2.75) is 31.7 Å². The van der Waals surface area contributed by atoms with Crippen LogP contribution in [0.1, 0.15) is 35.7 Å². The summed E-state index contributed by atoms with van der Waals surface area (Å²) in [5.74, 6) is -0.372. The molecule has 4 aromatic rings. The number of benzene rings is 3. The fourth-order valence-electron chi connectivity index (χ4n) is 6.86. The minimum Gasteiger partial charge on any atom is -0.293 e. The molecular formula is C34H32N4O3S. The lowest BCUT2D eigenvalue weighted by Crippen LogP contribution is -2.48. The van der Waals surface area contributed by atoms with Crippen molar-refractivity contribution < 1.29 is 13.2 Å². The Morgan fingerprint density at radius 2 is 1.74 bits per heavy atom. The zero-order valence-corrected chi connectivity index (χ0v) is 24.7. The Bertz CT molecular complexity index is 1870. The molecule has 0 bridgehead atoms. The number of aryl methyl sites for hydroxylation is 1. The van der Waals surface area contributed by atoms with Crippen LogP contribution in [0.2, 0.25) is 0 Å². The smallest absolute Gasteiger partial charge is 0.209 e. The molecule has 0 spiro atoms. The van der Waals surface area contributed by atoms with E-state index in [2.05, 4.69) is 41.1 Å². The predicted octanol–water partition coefficient (Wildman–Crippen LogP) is 5.32. The number of nitrogens with one attached hydrogen (secondary N) is 1. The van der Waals surface area contributed by atoms with Gasteiger partial charge in [-0.25, -0.2) is 13.1 Å². The second kappa shape index (κ2) is 10.5. The van der Waals surface area contributed by atoms with Gasteiger partial charge < -0.3 is 0 Å². The van der Waals surface area contributed by atoms with Crippen molar-refractivity contribution in [3.05, 3.63) is 113 Å². The summed E-state index contributed by atoms with van der Waals surface area (Å²) in [4.78, 5) is 13.1. The van der Waals surface area contributed by atoms with E-state index in [1.165, 1.54) is 0 Å². The van der Waals surface area contributed by atoms with Gasteiger partial charge >= 0.3 is 0 Å². The molecule has 3 atom stereocenters. The third-order valence-electron chi connectivity index (χ3n) is 8.82. The van der Waals surface area contributed by atoms with Gasteiger partial charge in [-0.05, 0) is 53.2 Å². The first-order chi connectivity index (χ1) is 20.1. The largest absolute Gasteiger partial charge is 0.293 e. The number of hydrogen-bond acceptors (Lipinski definition) is 5. The van der Waals surface area contributed by atoms with E-state index < -0.39 is 15.4 Å². The van der Waals surface area contributed by atoms with Crippen LogP contribution in [0, 0.1) is 23.2 Å². The molecule has 3 aromatic carbocycles. The Morgan fingerprint density at radius 3 is 2.43 bits per heavy atom. The Morgan fingerprint density at radius 1 is 1.02 bits per heavy atom. The van der Waals surface area contributed by atoms with Crippen LogP contribution in [0.4, 0.5) is 0 Å². The maximum atomic E-state index is 13.1. The van der Waals surface area contributed by atoms with Gasteiger partial charge in [-0.3, -0.25) is 9.48 Å². The van der Waals surface area contributed by atoms with Crippen LogP contribution >= 0.6 is 0 Å². The highest BCUT2D eigenvalue weighted by Crippen LogP contribution is 2.54. The SMILES string of the molecule is CC1C(=O)C(C#N)=CC2(c3ccccc3)c3nn(C)c(-c4cccc(-c5ccc(CNS(C)(=O)=O)cc5)c4)c3CCC12. The minimum absolute atomic E-state index is 0.00165. The maximum Gasteiger partial charge on any atom is 0.209 e. The van der Waals surface area contributed by atoms with Crippen LogP contribution in [0.3, 0.4) is 0 Å². The number of carbonyl (C=O) groups is 1. The normalized spacial score (nSPS) is 21.7. The average molecular weight is 577 g/mol. The van der Waals surface area contributed by atoms with E-state index in [1.54, 1.807) is 0 Å². The highest BCUT2D eigenvalue weighted by molar-refractivity contribution is 7.88. The van der Waals surface area contributed by atoms with Gasteiger partial charge in [0.05, 0.1) is 28.6 Å². The quantitative estimate of drug-likeness (QED) is 0.335. The lowest BCUT2D eigenvalue weighted by Gasteiger charge is -2.47. The third-order valence-corrected chi connectivity index (χ3v) is 9.48. The number of aromatic nitrogens is 2. The second-order valence-electron chi connectivity index (χ2n) is 11.4. The number of nitriles is 1. The molecule has 2 aliphatic carbocycles. The monoisotopic (exact) mass is 576 g/mol. The van der Waals surface area contributed by atoms with Crippen molar-refractivity contribution in [1.29, 1.82) is 5.26 Å². The molecule has 0 saturated carbocycles. The molecule has 0 fully saturated rings. The molecular weight excluding hydrogens is 544 g/mol. The van der Waals surface area contributed by atoms with Crippen molar-refractivity contribution in [3.63, 3.8) is 0 Å². The highest BCUT2D eigenvalue weighted by atomic mass is 32.2. The number of hydrogen-bond donors (Lipinski definition) is 1. The molecule has 3 unspecified atom stereocenters. The molecule has 42 heavy (non-hydrogen) atoms. The van der Waals surface area contributed by atoms with Gasteiger partial charge in [0.25, 0.3) is 0 Å². The van der Waals surface area contributed by atoms with Crippen LogP contribution in [0.5, 0.6) is 0 Å². The molecule has 1 aromatic heterocycles. The van der Waals surface area contributed by atoms with E-state index in [0.29, 0.717) is 0 Å². The lowest BCUT2D eigenvalue weighted by molar-refractivity contribution is -0.121. The Hall–Kier alpha value is -4.32. The topological polar surface area (TPSA) is 105 Å². The molecule has 6 rings (SSSR count). The number of Topliss-reactive ketones (excluding diaryl/α,β-unsaturated/α-hetero) is 1. The zero-order valence-electron chi connectivity index (χ0n) is 23.8. The van der Waals surface area contributed by atoms with Gasteiger partial charge in [-0.1, -0.05) is 79.7 Å². The first-order valence-corrected chi connectivity index (χ1v) is 15.9. The van der Waals surface area contributed by atoms with Crippen LogP contribution in [0.25, 0.3) is 22.4 Å². The summed E-state index contributed by atoms with van der Waals surface area (Å²) >= 11 is 0. The van der Waals surface area contributed by atoms with Crippen molar-refractivity contribution in [2.24, 2.45) is 18.9 Å². The van der Waals surface area contributed by atoms with Gasteiger partial charge in [0.15, 0.2) is 5.78 Å². The molecule has 0 saturated heterocycles. The standard InChI is InChI=1S/C34H32N4O3S/c1-22-30-17-16-29-31(26-9-7-8-25(18-26)24-14-12-23(13-15-24)21-36-42(3,40)41)38(2)37-33(29)34(30,19-27(20-35)32(22)39)28-10-5-4-6-11-28/h4-15,18-19,22,30,36H,16-17,21H2,1-3H3. The van der Waals surface area contributed by atoms with E-state index in [1.807, 2.05) is 73.3 Å². The van der Waals surface area contributed by atoms with Gasteiger partial charge in [0, 0.05) is 30.6 Å². The maximum absolute atomic E-state index is 13.1. The number of rotatable bonds is 6. The summed E-state index contributed by atoms with van der Waals surface area (Å²) in [6, 6.07) is 28.6. The third kappa shape index (κ3) is 4.69. The number of sulfonamides is 1. The van der Waals surface area contributed by atoms with Crippen LogP contribution < -0.4 is 4.72 Å². The summed E-state index contributed by atoms with van der Waals surface area (Å²) < 4.78 is 27.4.